The first kappa shape index (κ1) is 21.8. The zero-order valence-electron chi connectivity index (χ0n) is 17.3. The Labute approximate surface area is 194 Å². The molecule has 1 heterocycles. The van der Waals surface area contributed by atoms with Gasteiger partial charge >= 0.3 is 0 Å². The van der Waals surface area contributed by atoms with Crippen LogP contribution in [0.15, 0.2) is 88.3 Å². The lowest BCUT2D eigenvalue weighted by atomic mass is 10.2. The maximum atomic E-state index is 13.5. The van der Waals surface area contributed by atoms with E-state index in [1.807, 2.05) is 30.3 Å². The predicted molar refractivity (Wildman–Crippen MR) is 126 cm³/mol. The molecule has 3 aromatic carbocycles. The third-order valence-corrected chi connectivity index (χ3v) is 6.17. The van der Waals surface area contributed by atoms with E-state index in [1.54, 1.807) is 49.6 Å². The standard InChI is InChI=1S/C24H19ClN2O4S/c1-30-15-12-13-20(31-2)18(14-15)26-21-22(32-16-8-4-3-5-9-16)24(29)27(23(21)28)19-11-7-6-10-17(19)25/h3-14,26H,1-2H3. The molecular formula is C24H19ClN2O4S. The van der Waals surface area contributed by atoms with Crippen LogP contribution in [0.1, 0.15) is 0 Å². The molecule has 2 amide bonds. The third-order valence-electron chi connectivity index (χ3n) is 4.76. The van der Waals surface area contributed by atoms with Crippen LogP contribution in [0.25, 0.3) is 0 Å². The number of nitrogens with zero attached hydrogens (tertiary/aromatic N) is 1. The minimum absolute atomic E-state index is 0.135. The van der Waals surface area contributed by atoms with Crippen LogP contribution in [0.3, 0.4) is 0 Å². The monoisotopic (exact) mass is 466 g/mol. The summed E-state index contributed by atoms with van der Waals surface area (Å²) in [4.78, 5) is 29.1. The third kappa shape index (κ3) is 4.17. The van der Waals surface area contributed by atoms with Crippen molar-refractivity contribution >= 4 is 46.6 Å². The Morgan fingerprint density at radius 3 is 2.28 bits per heavy atom. The molecule has 1 N–H and O–H groups in total. The van der Waals surface area contributed by atoms with E-state index in [9.17, 15) is 9.59 Å². The van der Waals surface area contributed by atoms with Crippen molar-refractivity contribution in [3.05, 3.63) is 88.4 Å². The van der Waals surface area contributed by atoms with Gasteiger partial charge in [-0.2, -0.15) is 0 Å². The average Bonchev–Trinajstić information content (AvgIpc) is 3.04. The molecule has 32 heavy (non-hydrogen) atoms. The first-order valence-corrected chi connectivity index (χ1v) is 10.8. The van der Waals surface area contributed by atoms with Crippen LogP contribution in [-0.4, -0.2) is 26.0 Å². The van der Waals surface area contributed by atoms with Crippen molar-refractivity contribution in [1.29, 1.82) is 0 Å². The van der Waals surface area contributed by atoms with Crippen LogP contribution in [0, 0.1) is 0 Å². The Bertz CT molecular complexity index is 1210. The average molecular weight is 467 g/mol. The van der Waals surface area contributed by atoms with Crippen LogP contribution in [0.4, 0.5) is 11.4 Å². The number of nitrogens with one attached hydrogen (secondary N) is 1. The SMILES string of the molecule is COc1ccc(OC)c(NC2=C(Sc3ccccc3)C(=O)N(c3ccccc3Cl)C2=O)c1. The second kappa shape index (κ2) is 9.38. The van der Waals surface area contributed by atoms with Gasteiger partial charge in [-0.3, -0.25) is 9.59 Å². The Balaban J connectivity index is 1.80. The summed E-state index contributed by atoms with van der Waals surface area (Å²) in [6.45, 7) is 0. The van der Waals surface area contributed by atoms with Crippen molar-refractivity contribution in [1.82, 2.24) is 0 Å². The molecule has 8 heteroatoms. The molecule has 0 saturated carbocycles. The van der Waals surface area contributed by atoms with Gasteiger partial charge in [-0.25, -0.2) is 4.90 Å². The molecule has 0 spiro atoms. The normalized spacial score (nSPS) is 13.5. The van der Waals surface area contributed by atoms with Crippen molar-refractivity contribution in [2.75, 3.05) is 24.4 Å². The molecule has 6 nitrogen and oxygen atoms in total. The summed E-state index contributed by atoms with van der Waals surface area (Å²) in [5.41, 5.74) is 0.954. The lowest BCUT2D eigenvalue weighted by molar-refractivity contribution is -0.120. The summed E-state index contributed by atoms with van der Waals surface area (Å²) in [6.07, 6.45) is 0. The van der Waals surface area contributed by atoms with Crippen LogP contribution >= 0.6 is 23.4 Å². The van der Waals surface area contributed by atoms with E-state index < -0.39 is 11.8 Å². The van der Waals surface area contributed by atoms with E-state index in [4.69, 9.17) is 21.1 Å². The summed E-state index contributed by atoms with van der Waals surface area (Å²) in [7, 11) is 3.07. The highest BCUT2D eigenvalue weighted by Gasteiger charge is 2.41. The van der Waals surface area contributed by atoms with Gasteiger partial charge in [0.15, 0.2) is 0 Å². The summed E-state index contributed by atoms with van der Waals surface area (Å²) in [5, 5.41) is 3.41. The fourth-order valence-corrected chi connectivity index (χ4v) is 4.39. The largest absolute Gasteiger partial charge is 0.497 e. The van der Waals surface area contributed by atoms with E-state index in [2.05, 4.69) is 5.32 Å². The minimum Gasteiger partial charge on any atom is -0.497 e. The van der Waals surface area contributed by atoms with Gasteiger partial charge in [0.1, 0.15) is 22.1 Å². The second-order valence-corrected chi connectivity index (χ2v) is 8.20. The van der Waals surface area contributed by atoms with E-state index >= 15 is 0 Å². The molecule has 0 aliphatic carbocycles. The first-order chi connectivity index (χ1) is 15.5. The number of amides is 2. The van der Waals surface area contributed by atoms with E-state index in [1.165, 1.54) is 18.9 Å². The Hall–Kier alpha value is -3.42. The van der Waals surface area contributed by atoms with Crippen molar-refractivity contribution in [2.24, 2.45) is 0 Å². The molecular weight excluding hydrogens is 448 g/mol. The lowest BCUT2D eigenvalue weighted by Crippen LogP contribution is -2.32. The molecule has 1 aliphatic rings. The van der Waals surface area contributed by atoms with E-state index in [0.717, 1.165) is 9.80 Å². The van der Waals surface area contributed by atoms with E-state index in [0.29, 0.717) is 27.9 Å². The molecule has 0 atom stereocenters. The lowest BCUT2D eigenvalue weighted by Gasteiger charge is -2.17. The van der Waals surface area contributed by atoms with Gasteiger partial charge in [0.25, 0.3) is 11.8 Å². The molecule has 1 aliphatic heterocycles. The Kier molecular flexibility index (Phi) is 6.39. The number of rotatable bonds is 7. The van der Waals surface area contributed by atoms with Crippen LogP contribution in [0.5, 0.6) is 11.5 Å². The highest BCUT2D eigenvalue weighted by molar-refractivity contribution is 8.04. The first-order valence-electron chi connectivity index (χ1n) is 9.63. The molecule has 4 rings (SSSR count). The number of ether oxygens (including phenoxy) is 2. The molecule has 0 aromatic heterocycles. The number of halogens is 1. The zero-order chi connectivity index (χ0) is 22.7. The minimum atomic E-state index is -0.508. The number of anilines is 2. The topological polar surface area (TPSA) is 67.9 Å². The van der Waals surface area contributed by atoms with Crippen molar-refractivity contribution in [3.63, 3.8) is 0 Å². The fourth-order valence-electron chi connectivity index (χ4n) is 3.22. The number of para-hydroxylation sites is 1. The number of methoxy groups -OCH3 is 2. The summed E-state index contributed by atoms with van der Waals surface area (Å²) < 4.78 is 10.7. The number of hydrogen-bond donors (Lipinski definition) is 1. The van der Waals surface area contributed by atoms with Gasteiger partial charge in [-0.15, -0.1) is 0 Å². The number of benzene rings is 3. The quantitative estimate of drug-likeness (QED) is 0.474. The summed E-state index contributed by atoms with van der Waals surface area (Å²) in [5.74, 6) is 0.109. The smallest absolute Gasteiger partial charge is 0.283 e. The molecule has 162 valence electrons. The number of hydrogen-bond acceptors (Lipinski definition) is 6. The van der Waals surface area contributed by atoms with Crippen LogP contribution in [-0.2, 0) is 9.59 Å². The fraction of sp³-hybridized carbons (Fsp3) is 0.0833. The molecule has 0 unspecified atom stereocenters. The highest BCUT2D eigenvalue weighted by Crippen LogP contribution is 2.41. The molecule has 0 radical (unpaired) electrons. The molecule has 0 saturated heterocycles. The van der Waals surface area contributed by atoms with E-state index in [-0.39, 0.29) is 10.6 Å². The molecule has 0 bridgehead atoms. The maximum Gasteiger partial charge on any atom is 0.283 e. The molecule has 0 fully saturated rings. The molecule has 3 aromatic rings. The van der Waals surface area contributed by atoms with Gasteiger partial charge in [0.05, 0.1) is 30.6 Å². The maximum absolute atomic E-state index is 13.5. The van der Waals surface area contributed by atoms with Gasteiger partial charge in [-0.05, 0) is 36.4 Å². The summed E-state index contributed by atoms with van der Waals surface area (Å²) in [6, 6.07) is 21.3. The Morgan fingerprint density at radius 1 is 0.875 bits per heavy atom. The zero-order valence-corrected chi connectivity index (χ0v) is 18.9. The number of thioether (sulfide) groups is 1. The Morgan fingerprint density at radius 2 is 1.59 bits per heavy atom. The number of carbonyl (C=O) groups is 2. The van der Waals surface area contributed by atoms with Crippen molar-refractivity contribution < 1.29 is 19.1 Å². The van der Waals surface area contributed by atoms with Crippen molar-refractivity contribution in [2.45, 2.75) is 4.90 Å². The second-order valence-electron chi connectivity index (χ2n) is 6.71. The highest BCUT2D eigenvalue weighted by atomic mass is 35.5. The van der Waals surface area contributed by atoms with Crippen LogP contribution in [0.2, 0.25) is 5.02 Å². The van der Waals surface area contributed by atoms with Gasteiger partial charge in [0, 0.05) is 11.0 Å². The number of imide groups is 1. The van der Waals surface area contributed by atoms with Gasteiger partial charge in [-0.1, -0.05) is 53.7 Å². The van der Waals surface area contributed by atoms with Crippen molar-refractivity contribution in [3.8, 4) is 11.5 Å². The predicted octanol–water partition coefficient (Wildman–Crippen LogP) is 5.35. The van der Waals surface area contributed by atoms with Gasteiger partial charge < -0.3 is 14.8 Å². The van der Waals surface area contributed by atoms with Crippen LogP contribution < -0.4 is 19.7 Å². The number of carbonyl (C=O) groups excluding carboxylic acids is 2. The summed E-state index contributed by atoms with van der Waals surface area (Å²) >= 11 is 7.52. The van der Waals surface area contributed by atoms with Gasteiger partial charge in [0.2, 0.25) is 0 Å².